The molecule has 1 aliphatic rings. The van der Waals surface area contributed by atoms with Crippen LogP contribution in [0.1, 0.15) is 31.1 Å². The van der Waals surface area contributed by atoms with Crippen molar-refractivity contribution in [1.29, 1.82) is 0 Å². The lowest BCUT2D eigenvalue weighted by Crippen LogP contribution is -2.32. The number of benzene rings is 3. The molecule has 3 aromatic carbocycles. The highest BCUT2D eigenvalue weighted by atomic mass is 35.5. The van der Waals surface area contributed by atoms with Crippen molar-refractivity contribution in [3.63, 3.8) is 0 Å². The van der Waals surface area contributed by atoms with Crippen LogP contribution < -0.4 is 4.74 Å². The van der Waals surface area contributed by atoms with Crippen LogP contribution >= 0.6 is 11.6 Å². The molecule has 0 fully saturated rings. The Bertz CT molecular complexity index is 1060. The second-order valence-corrected chi connectivity index (χ2v) is 6.35. The minimum Gasteiger partial charge on any atom is -0.457 e. The van der Waals surface area contributed by atoms with Gasteiger partial charge >= 0.3 is 5.97 Å². The molecular formula is C21H12ClNO5. The first-order valence-corrected chi connectivity index (χ1v) is 8.64. The van der Waals surface area contributed by atoms with Gasteiger partial charge in [0.25, 0.3) is 11.8 Å². The highest BCUT2D eigenvalue weighted by molar-refractivity contribution is 6.30. The number of ether oxygens (including phenoxy) is 1. The van der Waals surface area contributed by atoms with E-state index in [-0.39, 0.29) is 16.7 Å². The van der Waals surface area contributed by atoms with Crippen molar-refractivity contribution < 1.29 is 24.0 Å². The molecular weight excluding hydrogens is 382 g/mol. The number of hydrogen-bond donors (Lipinski definition) is 0. The van der Waals surface area contributed by atoms with Crippen LogP contribution in [0.5, 0.6) is 11.5 Å². The van der Waals surface area contributed by atoms with Gasteiger partial charge < -0.3 is 9.57 Å². The van der Waals surface area contributed by atoms with E-state index in [0.29, 0.717) is 21.6 Å². The van der Waals surface area contributed by atoms with Crippen LogP contribution in [0, 0.1) is 0 Å². The highest BCUT2D eigenvalue weighted by Gasteiger charge is 2.38. The maximum absolute atomic E-state index is 12.3. The minimum absolute atomic E-state index is 0.162. The number of hydroxylamine groups is 2. The first-order chi connectivity index (χ1) is 13.5. The molecule has 1 heterocycles. The lowest BCUT2D eigenvalue weighted by molar-refractivity contribution is -0.0584. The topological polar surface area (TPSA) is 72.9 Å². The van der Waals surface area contributed by atoms with Gasteiger partial charge in [-0.1, -0.05) is 34.9 Å². The van der Waals surface area contributed by atoms with Gasteiger partial charge in [-0.2, -0.15) is 0 Å². The molecule has 3 aromatic rings. The molecule has 0 saturated carbocycles. The van der Waals surface area contributed by atoms with Crippen LogP contribution in [0.2, 0.25) is 5.02 Å². The summed E-state index contributed by atoms with van der Waals surface area (Å²) in [5.41, 5.74) is 0.561. The van der Waals surface area contributed by atoms with E-state index in [1.807, 2.05) is 0 Å². The number of carbonyl (C=O) groups is 3. The van der Waals surface area contributed by atoms with Gasteiger partial charge in [0.1, 0.15) is 11.5 Å². The third kappa shape index (κ3) is 3.33. The van der Waals surface area contributed by atoms with E-state index < -0.39 is 17.8 Å². The van der Waals surface area contributed by atoms with Crippen LogP contribution in [-0.2, 0) is 4.84 Å². The molecule has 0 aromatic heterocycles. The summed E-state index contributed by atoms with van der Waals surface area (Å²) >= 11 is 5.92. The Morgan fingerprint density at radius 3 is 2.04 bits per heavy atom. The van der Waals surface area contributed by atoms with Crippen molar-refractivity contribution in [1.82, 2.24) is 5.06 Å². The number of hydrogen-bond acceptors (Lipinski definition) is 5. The number of carbonyl (C=O) groups excluding carboxylic acids is 3. The minimum atomic E-state index is -0.830. The zero-order valence-corrected chi connectivity index (χ0v) is 15.1. The molecule has 1 aliphatic heterocycles. The van der Waals surface area contributed by atoms with Crippen molar-refractivity contribution >= 4 is 29.4 Å². The maximum atomic E-state index is 12.3. The fourth-order valence-corrected chi connectivity index (χ4v) is 2.89. The van der Waals surface area contributed by atoms with Gasteiger partial charge in [-0.3, -0.25) is 9.59 Å². The molecule has 0 N–H and O–H groups in total. The van der Waals surface area contributed by atoms with E-state index in [2.05, 4.69) is 0 Å². The summed E-state index contributed by atoms with van der Waals surface area (Å²) in [6.07, 6.45) is 0. The van der Waals surface area contributed by atoms with E-state index in [9.17, 15) is 14.4 Å². The molecule has 4 rings (SSSR count). The average Bonchev–Trinajstić information content (AvgIpc) is 2.94. The molecule has 6 nitrogen and oxygen atoms in total. The van der Waals surface area contributed by atoms with E-state index in [1.54, 1.807) is 48.5 Å². The van der Waals surface area contributed by atoms with Crippen molar-refractivity contribution in [2.75, 3.05) is 0 Å². The molecule has 138 valence electrons. The summed E-state index contributed by atoms with van der Waals surface area (Å²) in [6, 6.07) is 19.2. The highest BCUT2D eigenvalue weighted by Crippen LogP contribution is 2.26. The normalized spacial score (nSPS) is 12.7. The van der Waals surface area contributed by atoms with Gasteiger partial charge in [-0.15, -0.1) is 0 Å². The average molecular weight is 394 g/mol. The lowest BCUT2D eigenvalue weighted by Gasteiger charge is -2.13. The molecule has 0 aliphatic carbocycles. The molecule has 0 bridgehead atoms. The largest absolute Gasteiger partial charge is 0.457 e. The van der Waals surface area contributed by atoms with E-state index >= 15 is 0 Å². The molecule has 0 atom stereocenters. The third-order valence-corrected chi connectivity index (χ3v) is 4.29. The van der Waals surface area contributed by atoms with Crippen LogP contribution in [0.15, 0.2) is 72.8 Å². The predicted molar refractivity (Wildman–Crippen MR) is 100 cm³/mol. The lowest BCUT2D eigenvalue weighted by atomic mass is 10.1. The smallest absolute Gasteiger partial charge is 0.363 e. The second kappa shape index (κ2) is 7.17. The van der Waals surface area contributed by atoms with Gasteiger partial charge in [0, 0.05) is 5.02 Å². The molecule has 7 heteroatoms. The number of imide groups is 1. The van der Waals surface area contributed by atoms with E-state index in [4.69, 9.17) is 21.2 Å². The molecule has 0 saturated heterocycles. The van der Waals surface area contributed by atoms with Gasteiger partial charge in [-0.05, 0) is 54.6 Å². The predicted octanol–water partition coefficient (Wildman–Crippen LogP) is 4.50. The Morgan fingerprint density at radius 1 is 0.786 bits per heavy atom. The standard InChI is InChI=1S/C21H12ClNO5/c22-14-4-3-5-16(12-14)27-15-10-8-13(9-11-15)21(26)28-23-19(24)17-6-1-2-7-18(17)20(23)25/h1-12H. The maximum Gasteiger partial charge on any atom is 0.363 e. The first-order valence-electron chi connectivity index (χ1n) is 8.26. The molecule has 0 unspecified atom stereocenters. The van der Waals surface area contributed by atoms with Gasteiger partial charge in [0.15, 0.2) is 0 Å². The Labute approximate surface area is 164 Å². The number of amides is 2. The third-order valence-electron chi connectivity index (χ3n) is 4.05. The first kappa shape index (κ1) is 17.8. The summed E-state index contributed by atoms with van der Waals surface area (Å²) in [5.74, 6) is -1.14. The Kier molecular flexibility index (Phi) is 4.55. The van der Waals surface area contributed by atoms with Crippen molar-refractivity contribution in [3.05, 3.63) is 94.5 Å². The quantitative estimate of drug-likeness (QED) is 0.610. The fraction of sp³-hybridized carbons (Fsp3) is 0. The van der Waals surface area contributed by atoms with Gasteiger partial charge in [-0.25, -0.2) is 4.79 Å². The number of fused-ring (bicyclic) bond motifs is 1. The second-order valence-electron chi connectivity index (χ2n) is 5.91. The van der Waals surface area contributed by atoms with Crippen molar-refractivity contribution in [2.45, 2.75) is 0 Å². The number of nitrogens with zero attached hydrogens (tertiary/aromatic N) is 1. The van der Waals surface area contributed by atoms with Crippen LogP contribution in [0.3, 0.4) is 0 Å². The van der Waals surface area contributed by atoms with Crippen molar-refractivity contribution in [3.8, 4) is 11.5 Å². The Morgan fingerprint density at radius 2 is 1.43 bits per heavy atom. The Balaban J connectivity index is 1.46. The van der Waals surface area contributed by atoms with Crippen molar-refractivity contribution in [2.24, 2.45) is 0 Å². The van der Waals surface area contributed by atoms with Crippen LogP contribution in [0.4, 0.5) is 0 Å². The van der Waals surface area contributed by atoms with Gasteiger partial charge in [0.2, 0.25) is 0 Å². The Hall–Kier alpha value is -3.64. The summed E-state index contributed by atoms with van der Waals surface area (Å²) in [5, 5.41) is 1.02. The zero-order valence-electron chi connectivity index (χ0n) is 14.3. The summed E-state index contributed by atoms with van der Waals surface area (Å²) < 4.78 is 5.65. The summed E-state index contributed by atoms with van der Waals surface area (Å²) in [4.78, 5) is 41.9. The monoisotopic (exact) mass is 393 g/mol. The molecule has 0 spiro atoms. The van der Waals surface area contributed by atoms with E-state index in [1.165, 1.54) is 24.3 Å². The van der Waals surface area contributed by atoms with E-state index in [0.717, 1.165) is 0 Å². The molecule has 0 radical (unpaired) electrons. The summed E-state index contributed by atoms with van der Waals surface area (Å²) in [6.45, 7) is 0. The number of rotatable bonds is 4. The van der Waals surface area contributed by atoms with Gasteiger partial charge in [0.05, 0.1) is 16.7 Å². The van der Waals surface area contributed by atoms with Crippen LogP contribution in [0.25, 0.3) is 0 Å². The molecule has 2 amide bonds. The zero-order chi connectivity index (χ0) is 19.7. The number of halogens is 1. The summed E-state index contributed by atoms with van der Waals surface area (Å²) in [7, 11) is 0. The van der Waals surface area contributed by atoms with Crippen LogP contribution in [-0.4, -0.2) is 22.8 Å². The molecule has 28 heavy (non-hydrogen) atoms. The SMILES string of the molecule is O=C(ON1C(=O)c2ccccc2C1=O)c1ccc(Oc2cccc(Cl)c2)cc1. The fourth-order valence-electron chi connectivity index (χ4n) is 2.71.